The fraction of sp³-hybridized carbons (Fsp3) is 0.217. The predicted molar refractivity (Wildman–Crippen MR) is 219 cm³/mol. The van der Waals surface area contributed by atoms with Crippen LogP contribution >= 0.6 is 0 Å². The Morgan fingerprint density at radius 3 is 2.00 bits per heavy atom. The Morgan fingerprint density at radius 1 is 0.793 bits per heavy atom. The molecule has 58 heavy (non-hydrogen) atoms. The highest BCUT2D eigenvalue weighted by atomic mass is 19.3. The monoisotopic (exact) mass is 780 g/mol. The number of ether oxygens (including phenoxy) is 2. The second-order valence-corrected chi connectivity index (χ2v) is 14.5. The van der Waals surface area contributed by atoms with Crippen LogP contribution in [0.5, 0.6) is 5.75 Å². The topological polar surface area (TPSA) is 104 Å². The number of piperidine rings is 1. The first kappa shape index (κ1) is 38.2. The molecule has 1 N–H and O–H groups in total. The Kier molecular flexibility index (Phi) is 10.8. The molecule has 8 rings (SSSR count). The molecule has 0 spiro atoms. The van der Waals surface area contributed by atoms with Crippen molar-refractivity contribution in [3.05, 3.63) is 178 Å². The molecule has 0 radical (unpaired) electrons. The van der Waals surface area contributed by atoms with Gasteiger partial charge in [0.25, 0.3) is 5.56 Å². The van der Waals surface area contributed by atoms with Crippen molar-refractivity contribution in [1.29, 1.82) is 0 Å². The van der Waals surface area contributed by atoms with Gasteiger partial charge in [0.05, 0.1) is 24.1 Å². The number of benzene rings is 5. The van der Waals surface area contributed by atoms with Crippen LogP contribution in [-0.4, -0.2) is 56.4 Å². The van der Waals surface area contributed by atoms with E-state index in [2.05, 4.69) is 15.3 Å². The summed E-state index contributed by atoms with van der Waals surface area (Å²) in [6, 6.07) is 40.4. The molecule has 1 aliphatic rings. The Hall–Kier alpha value is -6.66. The van der Waals surface area contributed by atoms with Crippen LogP contribution < -0.4 is 15.6 Å². The number of anilines is 1. The van der Waals surface area contributed by atoms with E-state index in [9.17, 15) is 18.4 Å². The largest absolute Gasteiger partial charge is 0.434 e. The minimum atomic E-state index is -3.06. The van der Waals surface area contributed by atoms with Crippen molar-refractivity contribution in [2.45, 2.75) is 44.2 Å². The molecule has 3 heterocycles. The van der Waals surface area contributed by atoms with E-state index in [4.69, 9.17) is 9.47 Å². The van der Waals surface area contributed by atoms with Crippen LogP contribution in [-0.2, 0) is 35.3 Å². The molecular formula is C46H42F2N6O4. The molecule has 0 saturated carbocycles. The van der Waals surface area contributed by atoms with E-state index in [0.29, 0.717) is 40.9 Å². The standard InChI is InChI=1S/C46H42F2N6O4/c1-52-23-22-38(26-42(52)55)51-45-49-27-34(28-50-45)32-19-20-39-40(25-32)54(53(2)43(39)56)29-33-24-31(18-21-41(33)58-44(47)48)30-57-46(35-12-6-3-7-13-35,36-14-8-4-9-15-36)37-16-10-5-11-17-37/h3-21,24-25,27-28,38,44H,22-23,26,29-30H2,1-2H3,(H,49,50,51). The first-order valence-electron chi connectivity index (χ1n) is 19.1. The van der Waals surface area contributed by atoms with Crippen molar-refractivity contribution in [3.8, 4) is 16.9 Å². The van der Waals surface area contributed by atoms with Crippen molar-refractivity contribution in [2.75, 3.05) is 18.9 Å². The van der Waals surface area contributed by atoms with Gasteiger partial charge in [-0.3, -0.25) is 19.0 Å². The number of amides is 1. The predicted octanol–water partition coefficient (Wildman–Crippen LogP) is 7.99. The summed E-state index contributed by atoms with van der Waals surface area (Å²) in [5, 5.41) is 3.72. The summed E-state index contributed by atoms with van der Waals surface area (Å²) in [7, 11) is 3.44. The van der Waals surface area contributed by atoms with Gasteiger partial charge in [-0.1, -0.05) is 103 Å². The van der Waals surface area contributed by atoms with E-state index in [1.807, 2.05) is 103 Å². The van der Waals surface area contributed by atoms with E-state index in [0.717, 1.165) is 34.2 Å². The van der Waals surface area contributed by atoms with Crippen molar-refractivity contribution in [1.82, 2.24) is 24.2 Å². The molecule has 1 amide bonds. The van der Waals surface area contributed by atoms with Crippen LogP contribution in [0.15, 0.2) is 145 Å². The lowest BCUT2D eigenvalue weighted by atomic mass is 9.80. The zero-order valence-corrected chi connectivity index (χ0v) is 32.1. The normalized spacial score (nSPS) is 14.6. The van der Waals surface area contributed by atoms with Crippen molar-refractivity contribution in [3.63, 3.8) is 0 Å². The van der Waals surface area contributed by atoms with E-state index in [-0.39, 0.29) is 36.4 Å². The number of nitrogens with zero attached hydrogens (tertiary/aromatic N) is 5. The molecule has 1 unspecified atom stereocenters. The van der Waals surface area contributed by atoms with Gasteiger partial charge in [-0.2, -0.15) is 8.78 Å². The van der Waals surface area contributed by atoms with Crippen molar-refractivity contribution < 1.29 is 23.0 Å². The molecule has 0 bridgehead atoms. The van der Waals surface area contributed by atoms with Gasteiger partial charge in [0.2, 0.25) is 11.9 Å². The number of hydrogen-bond acceptors (Lipinski definition) is 7. The molecule has 0 aliphatic carbocycles. The zero-order valence-electron chi connectivity index (χ0n) is 32.1. The minimum absolute atomic E-state index is 0.00700. The van der Waals surface area contributed by atoms with E-state index in [1.165, 1.54) is 10.7 Å². The fourth-order valence-electron chi connectivity index (χ4n) is 7.72. The minimum Gasteiger partial charge on any atom is -0.434 e. The Balaban J connectivity index is 1.12. The number of aromatic nitrogens is 4. The first-order valence-corrected chi connectivity index (χ1v) is 19.1. The second-order valence-electron chi connectivity index (χ2n) is 14.5. The first-order chi connectivity index (χ1) is 28.2. The maximum atomic E-state index is 13.8. The summed E-state index contributed by atoms with van der Waals surface area (Å²) < 4.78 is 43.0. The molecule has 12 heteroatoms. The smallest absolute Gasteiger partial charge is 0.387 e. The SMILES string of the molecule is CN1CCC(Nc2ncc(-c3ccc4c(=O)n(C)n(Cc5cc(COC(c6ccccc6)(c6ccccc6)c6ccccc6)ccc5OC(F)F)c4c3)cn2)CC1=O. The molecule has 1 saturated heterocycles. The lowest BCUT2D eigenvalue weighted by Crippen LogP contribution is -2.41. The summed E-state index contributed by atoms with van der Waals surface area (Å²) in [5.74, 6) is 0.493. The van der Waals surface area contributed by atoms with Crippen LogP contribution in [0.1, 0.15) is 40.7 Å². The van der Waals surface area contributed by atoms with Gasteiger partial charge in [-0.05, 0) is 58.5 Å². The lowest BCUT2D eigenvalue weighted by Gasteiger charge is -2.36. The maximum Gasteiger partial charge on any atom is 0.387 e. The molecule has 7 aromatic rings. The van der Waals surface area contributed by atoms with E-state index >= 15 is 0 Å². The van der Waals surface area contributed by atoms with E-state index in [1.54, 1.807) is 54.3 Å². The zero-order chi connectivity index (χ0) is 40.2. The number of alkyl halides is 2. The molecule has 1 fully saturated rings. The highest BCUT2D eigenvalue weighted by molar-refractivity contribution is 5.84. The fourth-order valence-corrected chi connectivity index (χ4v) is 7.72. The van der Waals surface area contributed by atoms with Crippen LogP contribution in [0.2, 0.25) is 0 Å². The van der Waals surface area contributed by atoms with Gasteiger partial charge in [-0.25, -0.2) is 9.97 Å². The average molecular weight is 781 g/mol. The lowest BCUT2D eigenvalue weighted by molar-refractivity contribution is -0.132. The summed E-state index contributed by atoms with van der Waals surface area (Å²) in [5.41, 5.74) is 4.80. The second kappa shape index (κ2) is 16.4. The quantitative estimate of drug-likeness (QED) is 0.118. The number of rotatable bonds is 13. The highest BCUT2D eigenvalue weighted by Gasteiger charge is 2.37. The number of nitrogens with one attached hydrogen (secondary N) is 1. The van der Waals surface area contributed by atoms with E-state index < -0.39 is 12.2 Å². The van der Waals surface area contributed by atoms with Gasteiger partial charge in [0, 0.05) is 56.6 Å². The van der Waals surface area contributed by atoms with Gasteiger partial charge >= 0.3 is 6.61 Å². The van der Waals surface area contributed by atoms with Crippen molar-refractivity contribution in [2.24, 2.45) is 7.05 Å². The van der Waals surface area contributed by atoms with Crippen molar-refractivity contribution >= 4 is 22.8 Å². The highest BCUT2D eigenvalue weighted by Crippen LogP contribution is 2.41. The molecule has 10 nitrogen and oxygen atoms in total. The third-order valence-corrected chi connectivity index (χ3v) is 10.8. The summed E-state index contributed by atoms with van der Waals surface area (Å²) in [6.07, 6.45) is 4.55. The number of carbonyl (C=O) groups excluding carboxylic acids is 1. The Morgan fingerprint density at radius 2 is 1.41 bits per heavy atom. The van der Waals surface area contributed by atoms with Crippen LogP contribution in [0.4, 0.5) is 14.7 Å². The third-order valence-electron chi connectivity index (χ3n) is 10.8. The number of carbonyl (C=O) groups is 1. The molecule has 5 aromatic carbocycles. The summed E-state index contributed by atoms with van der Waals surface area (Å²) in [6.45, 7) is -2.23. The molecule has 2 aromatic heterocycles. The number of halogens is 2. The average Bonchev–Trinajstić information content (AvgIpc) is 3.48. The summed E-state index contributed by atoms with van der Waals surface area (Å²) >= 11 is 0. The molecule has 1 atom stereocenters. The number of hydrogen-bond donors (Lipinski definition) is 1. The molecule has 294 valence electrons. The third kappa shape index (κ3) is 7.70. The van der Waals surface area contributed by atoms with Gasteiger partial charge in [0.1, 0.15) is 11.4 Å². The maximum absolute atomic E-state index is 13.8. The van der Waals surface area contributed by atoms with Gasteiger partial charge in [-0.15, -0.1) is 0 Å². The molecule has 1 aliphatic heterocycles. The Bertz CT molecular complexity index is 2490. The van der Waals surface area contributed by atoms with Crippen LogP contribution in [0.25, 0.3) is 22.0 Å². The summed E-state index contributed by atoms with van der Waals surface area (Å²) in [4.78, 5) is 36.4. The number of likely N-dealkylation sites (tertiary alicyclic amines) is 1. The number of fused-ring (bicyclic) bond motifs is 1. The Labute approximate surface area is 334 Å². The molecular weight excluding hydrogens is 739 g/mol. The van der Waals surface area contributed by atoms with Crippen LogP contribution in [0, 0.1) is 0 Å². The van der Waals surface area contributed by atoms with Crippen LogP contribution in [0.3, 0.4) is 0 Å². The van der Waals surface area contributed by atoms with Gasteiger partial charge < -0.3 is 19.7 Å². The van der Waals surface area contributed by atoms with Gasteiger partial charge in [0.15, 0.2) is 0 Å².